The van der Waals surface area contributed by atoms with Gasteiger partial charge in [-0.25, -0.2) is 0 Å². The third-order valence-corrected chi connectivity index (χ3v) is 3.91. The molecule has 0 aliphatic heterocycles. The normalized spacial score (nSPS) is 10.8. The van der Waals surface area contributed by atoms with E-state index < -0.39 is 0 Å². The molecule has 0 spiro atoms. The number of thiophene rings is 1. The Hall–Kier alpha value is -3.35. The average molecular weight is 333 g/mol. The van der Waals surface area contributed by atoms with Gasteiger partial charge in [0.15, 0.2) is 0 Å². The molecule has 0 unspecified atom stereocenters. The Balaban J connectivity index is 1.94. The lowest BCUT2D eigenvalue weighted by Gasteiger charge is -2.05. The minimum Gasteiger partial charge on any atom is -0.480 e. The van der Waals surface area contributed by atoms with Gasteiger partial charge in [0.25, 0.3) is 5.89 Å². The number of aromatic nitrogens is 2. The van der Waals surface area contributed by atoms with Crippen LogP contribution in [-0.4, -0.2) is 16.7 Å². The van der Waals surface area contributed by atoms with Gasteiger partial charge in [0.1, 0.15) is 24.0 Å². The fourth-order valence-electron chi connectivity index (χ4n) is 1.99. The summed E-state index contributed by atoms with van der Waals surface area (Å²) in [5.74, 6) is 3.61. The van der Waals surface area contributed by atoms with Crippen LogP contribution < -0.4 is 4.74 Å². The number of terminal acetylenes is 1. The quantitative estimate of drug-likeness (QED) is 0.523. The monoisotopic (exact) mass is 333 g/mol. The molecule has 0 aliphatic carbocycles. The van der Waals surface area contributed by atoms with Gasteiger partial charge in [-0.15, -0.1) is 17.8 Å². The zero-order valence-electron chi connectivity index (χ0n) is 12.5. The van der Waals surface area contributed by atoms with Gasteiger partial charge in [-0.05, 0) is 23.6 Å². The molecule has 0 fully saturated rings. The summed E-state index contributed by atoms with van der Waals surface area (Å²) >= 11 is 1.50. The molecule has 3 rings (SSSR count). The second-order valence-electron chi connectivity index (χ2n) is 4.60. The number of para-hydroxylation sites is 1. The zero-order valence-corrected chi connectivity index (χ0v) is 13.3. The molecule has 0 atom stereocenters. The van der Waals surface area contributed by atoms with Crippen LogP contribution in [0.15, 0.2) is 46.3 Å². The maximum atomic E-state index is 9.43. The lowest BCUT2D eigenvalue weighted by Crippen LogP contribution is -1.95. The minimum atomic E-state index is 0.149. The van der Waals surface area contributed by atoms with Crippen LogP contribution in [0.4, 0.5) is 0 Å². The van der Waals surface area contributed by atoms with Gasteiger partial charge in [0.05, 0.1) is 4.88 Å². The molecule has 0 bridgehead atoms. The first kappa shape index (κ1) is 15.5. The van der Waals surface area contributed by atoms with Crippen molar-refractivity contribution in [3.8, 4) is 34.9 Å². The Morgan fingerprint density at radius 1 is 1.33 bits per heavy atom. The van der Waals surface area contributed by atoms with Crippen molar-refractivity contribution in [2.75, 3.05) is 6.61 Å². The lowest BCUT2D eigenvalue weighted by molar-refractivity contribution is 0.369. The van der Waals surface area contributed by atoms with Crippen molar-refractivity contribution >= 4 is 23.0 Å². The Morgan fingerprint density at radius 2 is 2.21 bits per heavy atom. The second-order valence-corrected chi connectivity index (χ2v) is 5.55. The summed E-state index contributed by atoms with van der Waals surface area (Å²) in [6.45, 7) is 0.149. The molecule has 24 heavy (non-hydrogen) atoms. The van der Waals surface area contributed by atoms with Crippen molar-refractivity contribution in [3.05, 3.63) is 53.2 Å². The van der Waals surface area contributed by atoms with Crippen molar-refractivity contribution < 1.29 is 9.26 Å². The summed E-state index contributed by atoms with van der Waals surface area (Å²) in [6.07, 6.45) is 6.86. The van der Waals surface area contributed by atoms with Crippen LogP contribution >= 0.6 is 11.3 Å². The van der Waals surface area contributed by atoms with Gasteiger partial charge < -0.3 is 9.26 Å². The number of hydrogen-bond donors (Lipinski definition) is 0. The SMILES string of the molecule is C#CCOc1ccccc1/C=C(\C#N)c1nc(-c2cccs2)no1. The molecule has 6 heteroatoms. The molecule has 2 heterocycles. The number of rotatable bonds is 5. The predicted octanol–water partition coefficient (Wildman–Crippen LogP) is 3.87. The molecule has 0 amide bonds. The number of nitrogens with zero attached hydrogens (tertiary/aromatic N) is 3. The van der Waals surface area contributed by atoms with Crippen molar-refractivity contribution in [2.45, 2.75) is 0 Å². The number of hydrogen-bond acceptors (Lipinski definition) is 6. The molecule has 0 aliphatic rings. The lowest BCUT2D eigenvalue weighted by atomic mass is 10.1. The molecule has 0 saturated heterocycles. The van der Waals surface area contributed by atoms with E-state index in [0.717, 1.165) is 4.88 Å². The third kappa shape index (κ3) is 3.35. The third-order valence-electron chi connectivity index (χ3n) is 3.05. The van der Waals surface area contributed by atoms with E-state index in [1.807, 2.05) is 35.7 Å². The second kappa shape index (κ2) is 7.28. The summed E-state index contributed by atoms with van der Waals surface area (Å²) < 4.78 is 10.7. The smallest absolute Gasteiger partial charge is 0.268 e. The topological polar surface area (TPSA) is 71.9 Å². The van der Waals surface area contributed by atoms with Crippen LogP contribution in [0, 0.1) is 23.7 Å². The Morgan fingerprint density at radius 3 is 2.96 bits per heavy atom. The first-order valence-corrected chi connectivity index (χ1v) is 7.85. The van der Waals surface area contributed by atoms with Crippen molar-refractivity contribution in [1.82, 2.24) is 10.1 Å². The highest BCUT2D eigenvalue weighted by molar-refractivity contribution is 7.13. The van der Waals surface area contributed by atoms with E-state index >= 15 is 0 Å². The van der Waals surface area contributed by atoms with Crippen molar-refractivity contribution in [3.63, 3.8) is 0 Å². The summed E-state index contributed by atoms with van der Waals surface area (Å²) in [5.41, 5.74) is 0.960. The summed E-state index contributed by atoms with van der Waals surface area (Å²) in [6, 6.07) is 13.1. The molecule has 0 saturated carbocycles. The molecule has 5 nitrogen and oxygen atoms in total. The van der Waals surface area contributed by atoms with E-state index in [9.17, 15) is 5.26 Å². The zero-order chi connectivity index (χ0) is 16.8. The molecule has 0 radical (unpaired) electrons. The Bertz CT molecular complexity index is 943. The molecular formula is C18H11N3O2S. The maximum absolute atomic E-state index is 9.43. The van der Waals surface area contributed by atoms with E-state index in [2.05, 4.69) is 22.1 Å². The summed E-state index contributed by atoms with van der Waals surface area (Å²) in [7, 11) is 0. The highest BCUT2D eigenvalue weighted by atomic mass is 32.1. The van der Waals surface area contributed by atoms with Crippen LogP contribution in [0.2, 0.25) is 0 Å². The van der Waals surface area contributed by atoms with E-state index in [0.29, 0.717) is 17.1 Å². The van der Waals surface area contributed by atoms with Crippen LogP contribution in [0.3, 0.4) is 0 Å². The molecule has 2 aromatic heterocycles. The fourth-order valence-corrected chi connectivity index (χ4v) is 2.64. The first-order valence-electron chi connectivity index (χ1n) is 6.97. The van der Waals surface area contributed by atoms with E-state index in [4.69, 9.17) is 15.7 Å². The molecule has 3 aromatic rings. The van der Waals surface area contributed by atoms with Gasteiger partial charge in [-0.1, -0.05) is 35.3 Å². The molecule has 1 aromatic carbocycles. The average Bonchev–Trinajstić information content (AvgIpc) is 3.29. The van der Waals surface area contributed by atoms with Gasteiger partial charge in [-0.3, -0.25) is 0 Å². The van der Waals surface area contributed by atoms with Gasteiger partial charge in [0, 0.05) is 5.56 Å². The Labute approximate surface area is 142 Å². The molecule has 116 valence electrons. The fraction of sp³-hybridized carbons (Fsp3) is 0.0556. The van der Waals surface area contributed by atoms with Crippen LogP contribution in [0.1, 0.15) is 11.5 Å². The van der Waals surface area contributed by atoms with Crippen molar-refractivity contribution in [1.29, 1.82) is 5.26 Å². The van der Waals surface area contributed by atoms with Crippen LogP contribution in [-0.2, 0) is 0 Å². The van der Waals surface area contributed by atoms with Gasteiger partial charge in [0.2, 0.25) is 5.82 Å². The number of ether oxygens (including phenoxy) is 1. The minimum absolute atomic E-state index is 0.149. The summed E-state index contributed by atoms with van der Waals surface area (Å²) in [5, 5.41) is 15.3. The van der Waals surface area contributed by atoms with E-state index in [1.165, 1.54) is 11.3 Å². The van der Waals surface area contributed by atoms with E-state index in [1.54, 1.807) is 12.1 Å². The number of benzene rings is 1. The number of allylic oxidation sites excluding steroid dienone is 1. The van der Waals surface area contributed by atoms with Gasteiger partial charge >= 0.3 is 0 Å². The Kier molecular flexibility index (Phi) is 4.71. The van der Waals surface area contributed by atoms with Gasteiger partial charge in [-0.2, -0.15) is 10.2 Å². The summed E-state index contributed by atoms with van der Waals surface area (Å²) in [4.78, 5) is 5.16. The largest absolute Gasteiger partial charge is 0.480 e. The van der Waals surface area contributed by atoms with Crippen LogP contribution in [0.5, 0.6) is 5.75 Å². The van der Waals surface area contributed by atoms with Crippen LogP contribution in [0.25, 0.3) is 22.4 Å². The predicted molar refractivity (Wildman–Crippen MR) is 91.9 cm³/mol. The standard InChI is InChI=1S/C18H11N3O2S/c1-2-9-22-15-7-4-3-6-13(15)11-14(12-19)18-20-17(21-23-18)16-8-5-10-24-16/h1,3-8,10-11H,9H2/b14-11+. The number of nitriles is 1. The maximum Gasteiger partial charge on any atom is 0.268 e. The van der Waals surface area contributed by atoms with E-state index in [-0.39, 0.29) is 18.1 Å². The van der Waals surface area contributed by atoms with Crippen molar-refractivity contribution in [2.24, 2.45) is 0 Å². The molecule has 0 N–H and O–H groups in total. The highest BCUT2D eigenvalue weighted by Gasteiger charge is 2.14. The highest BCUT2D eigenvalue weighted by Crippen LogP contribution is 2.26. The first-order chi connectivity index (χ1) is 11.8. The molecular weight excluding hydrogens is 322 g/mol.